The first-order chi connectivity index (χ1) is 7.13. The average molecular weight is 224 g/mol. The van der Waals surface area contributed by atoms with Crippen LogP contribution in [0.3, 0.4) is 0 Å². The van der Waals surface area contributed by atoms with Crippen molar-refractivity contribution in [3.63, 3.8) is 0 Å². The summed E-state index contributed by atoms with van der Waals surface area (Å²) in [6.45, 7) is 2.72. The number of likely N-dealkylation sites (N-methyl/N-ethyl adjacent to an activating group) is 1. The second kappa shape index (κ2) is 5.78. The molecule has 0 amide bonds. The lowest BCUT2D eigenvalue weighted by Crippen LogP contribution is -2.36. The lowest BCUT2D eigenvalue weighted by molar-refractivity contribution is -0.112. The highest BCUT2D eigenvalue weighted by atomic mass is 32.1. The van der Waals surface area contributed by atoms with Crippen LogP contribution in [0.15, 0.2) is 24.3 Å². The van der Waals surface area contributed by atoms with E-state index in [0.29, 0.717) is 6.42 Å². The molecule has 82 valence electrons. The minimum absolute atomic E-state index is 0.131. The number of nitrogen functional groups attached to an aromatic ring is 1. The Labute approximate surface area is 95.5 Å². The van der Waals surface area contributed by atoms with Crippen molar-refractivity contribution in [2.45, 2.75) is 19.4 Å². The monoisotopic (exact) mass is 224 g/mol. The molecule has 1 aromatic rings. The summed E-state index contributed by atoms with van der Waals surface area (Å²) in [6.07, 6.45) is 0.649. The number of hydrogen-bond acceptors (Lipinski definition) is 3. The van der Waals surface area contributed by atoms with Crippen LogP contribution < -0.4 is 11.1 Å². The second-order valence-corrected chi connectivity index (χ2v) is 3.83. The first-order valence-corrected chi connectivity index (χ1v) is 5.38. The first-order valence-electron chi connectivity index (χ1n) is 4.94. The number of nitrogens with one attached hydrogen (secondary N) is 1. The van der Waals surface area contributed by atoms with Crippen LogP contribution in [0, 0.1) is 0 Å². The Hall–Kier alpha value is -1.000. The van der Waals surface area contributed by atoms with Crippen LogP contribution in [0.2, 0.25) is 0 Å². The zero-order chi connectivity index (χ0) is 11.3. The van der Waals surface area contributed by atoms with Gasteiger partial charge in [-0.25, -0.2) is 0 Å². The zero-order valence-electron chi connectivity index (χ0n) is 8.73. The Balaban J connectivity index is 2.65. The van der Waals surface area contributed by atoms with Crippen molar-refractivity contribution in [1.82, 2.24) is 5.32 Å². The minimum Gasteiger partial charge on any atom is -0.399 e. The van der Waals surface area contributed by atoms with E-state index in [-0.39, 0.29) is 11.2 Å². The second-order valence-electron chi connectivity index (χ2n) is 3.39. The minimum atomic E-state index is -0.220. The first kappa shape index (κ1) is 12.1. The van der Waals surface area contributed by atoms with Crippen LogP contribution in [-0.2, 0) is 11.2 Å². The third-order valence-corrected chi connectivity index (χ3v) is 2.48. The Kier molecular flexibility index (Phi) is 4.65. The molecule has 0 heterocycles. The molecule has 1 aromatic carbocycles. The van der Waals surface area contributed by atoms with Crippen molar-refractivity contribution in [3.8, 4) is 0 Å². The lowest BCUT2D eigenvalue weighted by atomic mass is 10.1. The molecule has 4 heteroatoms. The van der Waals surface area contributed by atoms with Crippen LogP contribution in [0.4, 0.5) is 5.69 Å². The Morgan fingerprint density at radius 3 is 2.53 bits per heavy atom. The van der Waals surface area contributed by atoms with E-state index in [1.54, 1.807) is 0 Å². The fourth-order valence-corrected chi connectivity index (χ4v) is 1.57. The van der Waals surface area contributed by atoms with Gasteiger partial charge in [0.25, 0.3) is 0 Å². The fourth-order valence-electron chi connectivity index (χ4n) is 1.38. The van der Waals surface area contributed by atoms with E-state index in [1.165, 1.54) is 0 Å². The van der Waals surface area contributed by atoms with Gasteiger partial charge in [-0.15, -0.1) is 12.6 Å². The van der Waals surface area contributed by atoms with E-state index in [9.17, 15) is 4.79 Å². The molecule has 0 unspecified atom stereocenters. The summed E-state index contributed by atoms with van der Waals surface area (Å²) >= 11 is 3.85. The topological polar surface area (TPSA) is 55.1 Å². The molecule has 1 atom stereocenters. The van der Waals surface area contributed by atoms with Crippen LogP contribution in [0.5, 0.6) is 0 Å². The highest BCUT2D eigenvalue weighted by Crippen LogP contribution is 2.09. The average Bonchev–Trinajstić information content (AvgIpc) is 2.20. The van der Waals surface area contributed by atoms with E-state index < -0.39 is 0 Å². The molecule has 3 N–H and O–H groups in total. The van der Waals surface area contributed by atoms with Gasteiger partial charge in [-0.2, -0.15) is 0 Å². The summed E-state index contributed by atoms with van der Waals surface area (Å²) in [5.74, 6) is 0. The third-order valence-electron chi connectivity index (χ3n) is 2.17. The van der Waals surface area contributed by atoms with E-state index >= 15 is 0 Å². The molecule has 0 aliphatic heterocycles. The fraction of sp³-hybridized carbons (Fsp3) is 0.364. The molecule has 0 bridgehead atoms. The molecule has 0 fully saturated rings. The van der Waals surface area contributed by atoms with Crippen molar-refractivity contribution in [2.75, 3.05) is 12.3 Å². The van der Waals surface area contributed by atoms with Gasteiger partial charge in [0.05, 0.1) is 6.04 Å². The van der Waals surface area contributed by atoms with Crippen molar-refractivity contribution in [1.29, 1.82) is 0 Å². The van der Waals surface area contributed by atoms with Crippen LogP contribution in [0.1, 0.15) is 12.5 Å². The van der Waals surface area contributed by atoms with Gasteiger partial charge in [0.1, 0.15) is 0 Å². The highest BCUT2D eigenvalue weighted by Gasteiger charge is 2.13. The largest absolute Gasteiger partial charge is 0.399 e. The number of carbonyl (C=O) groups is 1. The quantitative estimate of drug-likeness (QED) is 0.521. The van der Waals surface area contributed by atoms with Crippen LogP contribution in [0.25, 0.3) is 0 Å². The summed E-state index contributed by atoms with van der Waals surface area (Å²) in [5.41, 5.74) is 7.39. The normalized spacial score (nSPS) is 12.4. The van der Waals surface area contributed by atoms with Gasteiger partial charge in [-0.1, -0.05) is 19.1 Å². The molecule has 1 rings (SSSR count). The van der Waals surface area contributed by atoms with Gasteiger partial charge in [-0.05, 0) is 30.7 Å². The molecule has 0 saturated heterocycles. The van der Waals surface area contributed by atoms with Gasteiger partial charge < -0.3 is 11.1 Å². The van der Waals surface area contributed by atoms with Crippen molar-refractivity contribution < 1.29 is 4.79 Å². The molecule has 3 nitrogen and oxygen atoms in total. The van der Waals surface area contributed by atoms with Gasteiger partial charge in [0, 0.05) is 5.69 Å². The standard InChI is InChI=1S/C11H16N2OS/c1-2-13-10(11(14)15)7-8-3-5-9(12)6-4-8/h3-6,10,13H,2,7,12H2,1H3,(H,14,15)/t10-/m0/s1. The number of hydrogen-bond donors (Lipinski definition) is 3. The summed E-state index contributed by atoms with van der Waals surface area (Å²) in [6, 6.07) is 7.30. The van der Waals surface area contributed by atoms with Gasteiger partial charge >= 0.3 is 0 Å². The molecule has 15 heavy (non-hydrogen) atoms. The Bertz CT molecular complexity index is 324. The maximum Gasteiger partial charge on any atom is 0.203 e. The van der Waals surface area contributed by atoms with Gasteiger partial charge in [0.2, 0.25) is 5.12 Å². The van der Waals surface area contributed by atoms with Crippen molar-refractivity contribution in [2.24, 2.45) is 0 Å². The molecule has 0 aromatic heterocycles. The van der Waals surface area contributed by atoms with Gasteiger partial charge in [-0.3, -0.25) is 4.79 Å². The molecule has 0 radical (unpaired) electrons. The third kappa shape index (κ3) is 3.93. The van der Waals surface area contributed by atoms with Crippen LogP contribution >= 0.6 is 12.6 Å². The number of thiol groups is 1. The number of carbonyl (C=O) groups excluding carboxylic acids is 1. The summed E-state index contributed by atoms with van der Waals surface area (Å²) < 4.78 is 0. The molecule has 0 spiro atoms. The maximum absolute atomic E-state index is 11.2. The molecular formula is C11H16N2OS. The number of benzene rings is 1. The van der Waals surface area contributed by atoms with E-state index in [2.05, 4.69) is 17.9 Å². The Morgan fingerprint density at radius 2 is 2.07 bits per heavy atom. The van der Waals surface area contributed by atoms with Gasteiger partial charge in [0.15, 0.2) is 0 Å². The SMILES string of the molecule is CCN[C@@H](Cc1ccc(N)cc1)C(=O)S. The highest BCUT2D eigenvalue weighted by molar-refractivity contribution is 7.96. The number of rotatable bonds is 5. The molecule has 0 aliphatic rings. The van der Waals surface area contributed by atoms with Crippen molar-refractivity contribution >= 4 is 23.4 Å². The van der Waals surface area contributed by atoms with Crippen molar-refractivity contribution in [3.05, 3.63) is 29.8 Å². The number of nitrogens with two attached hydrogens (primary N) is 1. The Morgan fingerprint density at radius 1 is 1.47 bits per heavy atom. The summed E-state index contributed by atoms with van der Waals surface area (Å²) in [5, 5.41) is 2.96. The molecule has 0 aliphatic carbocycles. The molecule has 0 saturated carbocycles. The predicted molar refractivity (Wildman–Crippen MR) is 66.0 cm³/mol. The smallest absolute Gasteiger partial charge is 0.203 e. The predicted octanol–water partition coefficient (Wildman–Crippen LogP) is 1.25. The van der Waals surface area contributed by atoms with Crippen LogP contribution in [-0.4, -0.2) is 17.7 Å². The van der Waals surface area contributed by atoms with E-state index in [1.807, 2.05) is 31.2 Å². The van der Waals surface area contributed by atoms with E-state index in [4.69, 9.17) is 5.73 Å². The summed E-state index contributed by atoms with van der Waals surface area (Å²) in [4.78, 5) is 11.2. The summed E-state index contributed by atoms with van der Waals surface area (Å²) in [7, 11) is 0. The zero-order valence-corrected chi connectivity index (χ0v) is 9.63. The number of anilines is 1. The lowest BCUT2D eigenvalue weighted by Gasteiger charge is -2.13. The molecular weight excluding hydrogens is 208 g/mol. The van der Waals surface area contributed by atoms with E-state index in [0.717, 1.165) is 17.8 Å². The maximum atomic E-state index is 11.2.